The SMILES string of the molecule is C=C(C)C(=O)Oc1ccc2oc(=O)c(-c3ccc(CCCCC)cc3)cc2c1.C=C(C)C(=O)Oc1ccc2oc(=O)c(-c3ccc(OC)cc3)cc2c1.C=CC(=O)Oc1ccc2oc(=O)c(-c3ccc(CCCCC)cc3)cc2c1.C=CC(=O)Oc1ccc2oc(=O)c(-c3ccc(OC)cc3)cc2c1. The van der Waals surface area contributed by atoms with Gasteiger partial charge >= 0.3 is 46.4 Å². The van der Waals surface area contributed by atoms with Gasteiger partial charge < -0.3 is 46.1 Å². The van der Waals surface area contributed by atoms with E-state index in [1.807, 2.05) is 24.3 Å². The van der Waals surface area contributed by atoms with Crippen molar-refractivity contribution in [2.45, 2.75) is 79.1 Å². The van der Waals surface area contributed by atoms with E-state index in [1.165, 1.54) is 49.7 Å². The number of benzene rings is 8. The highest BCUT2D eigenvalue weighted by molar-refractivity contribution is 5.92. The zero-order chi connectivity index (χ0) is 74.4. The third-order valence-corrected chi connectivity index (χ3v) is 16.2. The van der Waals surface area contributed by atoms with Crippen molar-refractivity contribution in [3.8, 4) is 79.0 Å². The summed E-state index contributed by atoms with van der Waals surface area (Å²) in [5.74, 6) is 0.767. The standard InChI is InChI=1S/C24H24O4.C23H22O4.C20H16O5.C19H14O5/c1-4-5-6-7-17-8-10-18(11-9-17)21-15-19-14-20(27-23(25)16(2)3)12-13-22(19)28-24(21)26;1-3-5-6-7-16-8-10-17(11-9-16)20-15-18-14-19(26-22(24)4-2)12-13-21(18)27-23(20)25;1-12(2)19(21)24-16-8-9-18-14(10-16)11-17(20(22)25-18)13-4-6-15(23-3)7-5-13;1-3-18(20)23-15-8-9-17-13(10-15)11-16(19(21)24-17)12-4-6-14(22-2)7-5-12/h8-15H,2,4-7H2,1,3H3;4,8-15H,2-3,5-7H2,1H3;4-11H,1H2,2-3H3;3-11H,1H2,2H3. The Morgan fingerprint density at radius 2 is 0.596 bits per heavy atom. The van der Waals surface area contributed by atoms with Crippen LogP contribution in [0, 0.1) is 0 Å². The summed E-state index contributed by atoms with van der Waals surface area (Å²) in [4.78, 5) is 95.3. The van der Waals surface area contributed by atoms with Crippen LogP contribution in [0.15, 0.2) is 281 Å². The van der Waals surface area contributed by atoms with Crippen LogP contribution in [0.4, 0.5) is 0 Å². The van der Waals surface area contributed by atoms with Crippen molar-refractivity contribution in [1.29, 1.82) is 0 Å². The first kappa shape index (κ1) is 75.2. The highest BCUT2D eigenvalue weighted by atomic mass is 16.5. The Morgan fingerprint density at radius 3 is 0.837 bits per heavy atom. The number of ether oxygens (including phenoxy) is 6. The lowest BCUT2D eigenvalue weighted by atomic mass is 10.0. The van der Waals surface area contributed by atoms with Gasteiger partial charge in [0.15, 0.2) is 0 Å². The van der Waals surface area contributed by atoms with Crippen LogP contribution in [0.2, 0.25) is 0 Å². The van der Waals surface area contributed by atoms with Gasteiger partial charge in [0, 0.05) is 44.8 Å². The molecule has 0 aliphatic carbocycles. The molecular formula is C86H76O18. The van der Waals surface area contributed by atoms with Crippen LogP contribution in [0.3, 0.4) is 0 Å². The second-order valence-corrected chi connectivity index (χ2v) is 23.9. The molecule has 0 amide bonds. The van der Waals surface area contributed by atoms with E-state index in [1.54, 1.807) is 174 Å². The second-order valence-electron chi connectivity index (χ2n) is 23.9. The molecule has 12 rings (SSSR count). The number of carbonyl (C=O) groups is 4. The molecule has 8 aromatic carbocycles. The number of aryl methyl sites for hydroxylation is 2. The zero-order valence-electron chi connectivity index (χ0n) is 58.5. The molecule has 12 aromatic rings. The van der Waals surface area contributed by atoms with Crippen molar-refractivity contribution < 1.29 is 65.3 Å². The van der Waals surface area contributed by atoms with Crippen LogP contribution in [-0.2, 0) is 32.0 Å². The Balaban J connectivity index is 0.000000161. The fraction of sp³-hybridized carbons (Fsp3) is 0.163. The van der Waals surface area contributed by atoms with Crippen molar-refractivity contribution in [3.63, 3.8) is 0 Å². The second kappa shape index (κ2) is 35.9. The van der Waals surface area contributed by atoms with Gasteiger partial charge in [0.05, 0.1) is 36.5 Å². The van der Waals surface area contributed by atoms with Crippen LogP contribution in [0.1, 0.15) is 77.3 Å². The van der Waals surface area contributed by atoms with E-state index in [4.69, 9.17) is 46.1 Å². The summed E-state index contributed by atoms with van der Waals surface area (Å²) in [6.07, 6.45) is 11.4. The lowest BCUT2D eigenvalue weighted by molar-refractivity contribution is -0.130. The van der Waals surface area contributed by atoms with Crippen molar-refractivity contribution >= 4 is 67.8 Å². The Hall–Kier alpha value is -13.0. The maximum Gasteiger partial charge on any atom is 0.344 e. The van der Waals surface area contributed by atoms with E-state index in [0.29, 0.717) is 123 Å². The molecular weight excluding hydrogens is 1320 g/mol. The average Bonchev–Trinajstić information content (AvgIpc) is 0.812. The topological polar surface area (TPSA) is 244 Å². The maximum absolute atomic E-state index is 12.4. The molecule has 528 valence electrons. The van der Waals surface area contributed by atoms with Crippen molar-refractivity contribution in [2.24, 2.45) is 0 Å². The third kappa shape index (κ3) is 20.2. The lowest BCUT2D eigenvalue weighted by Crippen LogP contribution is -2.08. The monoisotopic (exact) mass is 1400 g/mol. The Bertz CT molecular complexity index is 5400. The smallest absolute Gasteiger partial charge is 0.344 e. The molecule has 0 unspecified atom stereocenters. The molecule has 18 nitrogen and oxygen atoms in total. The van der Waals surface area contributed by atoms with Gasteiger partial charge in [-0.3, -0.25) is 0 Å². The highest BCUT2D eigenvalue weighted by Gasteiger charge is 2.16. The van der Waals surface area contributed by atoms with Gasteiger partial charge in [-0.1, -0.05) is 139 Å². The Kier molecular flexibility index (Phi) is 26.0. The largest absolute Gasteiger partial charge is 0.497 e. The summed E-state index contributed by atoms with van der Waals surface area (Å²) < 4.78 is 52.5. The van der Waals surface area contributed by atoms with Gasteiger partial charge in [-0.05, 0) is 194 Å². The summed E-state index contributed by atoms with van der Waals surface area (Å²) in [7, 11) is 3.15. The number of carbonyl (C=O) groups excluding carboxylic acids is 4. The number of esters is 4. The minimum Gasteiger partial charge on any atom is -0.497 e. The van der Waals surface area contributed by atoms with E-state index < -0.39 is 46.4 Å². The summed E-state index contributed by atoms with van der Waals surface area (Å²) in [5.41, 5.74) is 8.01. The number of hydrogen-bond donors (Lipinski definition) is 0. The van der Waals surface area contributed by atoms with E-state index in [-0.39, 0.29) is 0 Å². The molecule has 0 aliphatic heterocycles. The zero-order valence-corrected chi connectivity index (χ0v) is 58.5. The molecule has 18 heteroatoms. The maximum atomic E-state index is 12.4. The molecule has 0 bridgehead atoms. The van der Waals surface area contributed by atoms with Gasteiger partial charge in [0.25, 0.3) is 0 Å². The van der Waals surface area contributed by atoms with Crippen LogP contribution in [0.25, 0.3) is 88.4 Å². The quantitative estimate of drug-likeness (QED) is 0.0201. The molecule has 0 spiro atoms. The number of unbranched alkanes of at least 4 members (excludes halogenated alkanes) is 4. The molecule has 0 saturated heterocycles. The molecule has 0 saturated carbocycles. The van der Waals surface area contributed by atoms with E-state index >= 15 is 0 Å². The molecule has 0 fully saturated rings. The van der Waals surface area contributed by atoms with Crippen molar-refractivity contribution in [2.75, 3.05) is 14.2 Å². The van der Waals surface area contributed by atoms with Gasteiger partial charge in [0.1, 0.15) is 56.8 Å². The fourth-order valence-electron chi connectivity index (χ4n) is 10.6. The Morgan fingerprint density at radius 1 is 0.346 bits per heavy atom. The van der Waals surface area contributed by atoms with Crippen LogP contribution < -0.4 is 50.9 Å². The van der Waals surface area contributed by atoms with Crippen molar-refractivity contribution in [1.82, 2.24) is 0 Å². The summed E-state index contributed by atoms with van der Waals surface area (Å²) in [6, 6.07) is 56.5. The van der Waals surface area contributed by atoms with Crippen molar-refractivity contribution in [3.05, 3.63) is 297 Å². The van der Waals surface area contributed by atoms with Crippen LogP contribution in [0.5, 0.6) is 34.5 Å². The first-order valence-electron chi connectivity index (χ1n) is 33.4. The molecule has 0 aliphatic rings. The summed E-state index contributed by atoms with van der Waals surface area (Å²) in [6.45, 7) is 21.4. The predicted octanol–water partition coefficient (Wildman–Crippen LogP) is 18.5. The summed E-state index contributed by atoms with van der Waals surface area (Å²) in [5, 5.41) is 2.67. The normalized spacial score (nSPS) is 10.6. The predicted molar refractivity (Wildman–Crippen MR) is 404 cm³/mol. The van der Waals surface area contributed by atoms with Crippen LogP contribution >= 0.6 is 0 Å². The molecule has 4 heterocycles. The van der Waals surface area contributed by atoms with Gasteiger partial charge in [0.2, 0.25) is 0 Å². The lowest BCUT2D eigenvalue weighted by Gasteiger charge is -2.07. The molecule has 0 radical (unpaired) electrons. The van der Waals surface area contributed by atoms with Crippen LogP contribution in [-0.4, -0.2) is 38.1 Å². The van der Waals surface area contributed by atoms with E-state index in [0.717, 1.165) is 36.1 Å². The number of hydrogen-bond acceptors (Lipinski definition) is 18. The van der Waals surface area contributed by atoms with Gasteiger partial charge in [-0.2, -0.15) is 0 Å². The number of fused-ring (bicyclic) bond motifs is 4. The number of methoxy groups -OCH3 is 2. The minimum absolute atomic E-state index is 0.304. The third-order valence-electron chi connectivity index (χ3n) is 16.2. The van der Waals surface area contributed by atoms with E-state index in [9.17, 15) is 38.4 Å². The van der Waals surface area contributed by atoms with Gasteiger partial charge in [-0.15, -0.1) is 0 Å². The first-order valence-corrected chi connectivity index (χ1v) is 33.4. The summed E-state index contributed by atoms with van der Waals surface area (Å²) >= 11 is 0. The highest BCUT2D eigenvalue weighted by Crippen LogP contribution is 2.31. The Labute approximate surface area is 598 Å². The molecule has 104 heavy (non-hydrogen) atoms. The average molecular weight is 1400 g/mol. The molecule has 0 atom stereocenters. The minimum atomic E-state index is -0.554. The molecule has 4 aromatic heterocycles. The first-order chi connectivity index (χ1) is 50.1. The molecule has 0 N–H and O–H groups in total. The number of rotatable bonds is 22. The van der Waals surface area contributed by atoms with Gasteiger partial charge in [-0.25, -0.2) is 38.4 Å². The fourth-order valence-corrected chi connectivity index (χ4v) is 10.6. The van der Waals surface area contributed by atoms with E-state index in [2.05, 4.69) is 64.4 Å².